The van der Waals surface area contributed by atoms with Gasteiger partial charge in [0.1, 0.15) is 0 Å². The smallest absolute Gasteiger partial charge is 0.0677 e. The molecule has 0 heterocycles. The Kier molecular flexibility index (Phi) is 7.29. The second-order valence-electron chi connectivity index (χ2n) is 3.65. The van der Waals surface area contributed by atoms with Gasteiger partial charge in [0.15, 0.2) is 0 Å². The highest BCUT2D eigenvalue weighted by Gasteiger charge is 2.09. The summed E-state index contributed by atoms with van der Waals surface area (Å²) in [4.78, 5) is 2.40. The topological polar surface area (TPSA) is 12.5 Å². The molecule has 0 saturated heterocycles. The van der Waals surface area contributed by atoms with E-state index in [4.69, 9.17) is 4.74 Å². The molecule has 0 aliphatic carbocycles. The van der Waals surface area contributed by atoms with Crippen molar-refractivity contribution in [1.29, 1.82) is 0 Å². The molecular formula is C11H25NO. The maximum absolute atomic E-state index is 5.79. The molecule has 2 heteroatoms. The Hall–Kier alpha value is -0.0800. The lowest BCUT2D eigenvalue weighted by Gasteiger charge is -2.25. The van der Waals surface area contributed by atoms with Crippen molar-refractivity contribution in [2.24, 2.45) is 0 Å². The highest BCUT2D eigenvalue weighted by molar-refractivity contribution is 4.60. The van der Waals surface area contributed by atoms with Crippen LogP contribution in [-0.2, 0) is 4.74 Å². The summed E-state index contributed by atoms with van der Waals surface area (Å²) in [6, 6.07) is 0. The van der Waals surface area contributed by atoms with Gasteiger partial charge in [-0.2, -0.15) is 0 Å². The van der Waals surface area contributed by atoms with Crippen LogP contribution in [-0.4, -0.2) is 36.7 Å². The van der Waals surface area contributed by atoms with Crippen LogP contribution in [0.15, 0.2) is 0 Å². The third-order valence-corrected chi connectivity index (χ3v) is 2.45. The van der Waals surface area contributed by atoms with Crippen LogP contribution in [0, 0.1) is 0 Å². The summed E-state index contributed by atoms with van der Waals surface area (Å²) in [6.07, 6.45) is 1.85. The minimum absolute atomic E-state index is 0.356. The molecule has 13 heavy (non-hydrogen) atoms. The van der Waals surface area contributed by atoms with Crippen molar-refractivity contribution in [1.82, 2.24) is 4.90 Å². The summed E-state index contributed by atoms with van der Waals surface area (Å²) in [5.74, 6) is 0. The molecule has 0 fully saturated rings. The predicted molar refractivity (Wildman–Crippen MR) is 58.1 cm³/mol. The van der Waals surface area contributed by atoms with Gasteiger partial charge in [-0.05, 0) is 33.4 Å². The zero-order valence-electron chi connectivity index (χ0n) is 9.84. The van der Waals surface area contributed by atoms with Crippen molar-refractivity contribution in [2.45, 2.75) is 53.2 Å². The molecule has 0 saturated carbocycles. The van der Waals surface area contributed by atoms with Gasteiger partial charge in [0.2, 0.25) is 0 Å². The zero-order chi connectivity index (χ0) is 10.3. The Morgan fingerprint density at radius 3 is 1.92 bits per heavy atom. The Morgan fingerprint density at radius 2 is 1.54 bits per heavy atom. The van der Waals surface area contributed by atoms with Gasteiger partial charge in [0, 0.05) is 6.54 Å². The molecule has 2 atom stereocenters. The van der Waals surface area contributed by atoms with Gasteiger partial charge in [-0.1, -0.05) is 20.8 Å². The zero-order valence-corrected chi connectivity index (χ0v) is 9.84. The Bertz CT molecular complexity index is 113. The van der Waals surface area contributed by atoms with Crippen LogP contribution < -0.4 is 0 Å². The van der Waals surface area contributed by atoms with Crippen LogP contribution in [0.1, 0.15) is 41.0 Å². The first-order valence-electron chi connectivity index (χ1n) is 5.51. The van der Waals surface area contributed by atoms with E-state index in [1.807, 2.05) is 0 Å². The molecule has 0 aromatic heterocycles. The molecule has 0 aliphatic rings. The van der Waals surface area contributed by atoms with E-state index in [1.54, 1.807) is 0 Å². The van der Waals surface area contributed by atoms with E-state index in [2.05, 4.69) is 39.5 Å². The van der Waals surface area contributed by atoms with Crippen molar-refractivity contribution in [3.63, 3.8) is 0 Å². The second-order valence-corrected chi connectivity index (χ2v) is 3.65. The highest BCUT2D eigenvalue weighted by Crippen LogP contribution is 2.03. The van der Waals surface area contributed by atoms with E-state index < -0.39 is 0 Å². The number of hydrogen-bond acceptors (Lipinski definition) is 2. The van der Waals surface area contributed by atoms with E-state index in [0.717, 1.165) is 26.1 Å². The Balaban J connectivity index is 3.65. The van der Waals surface area contributed by atoms with Crippen LogP contribution in [0.2, 0.25) is 0 Å². The summed E-state index contributed by atoms with van der Waals surface area (Å²) in [7, 11) is 0. The number of rotatable bonds is 7. The maximum atomic E-state index is 5.79. The molecule has 0 rings (SSSR count). The summed E-state index contributed by atoms with van der Waals surface area (Å²) in [6.45, 7) is 14.1. The normalized spacial score (nSPS) is 16.2. The van der Waals surface area contributed by atoms with Crippen LogP contribution in [0.5, 0.6) is 0 Å². The van der Waals surface area contributed by atoms with E-state index in [1.165, 1.54) is 0 Å². The SMILES string of the molecule is CCC(C)OC(C)CN(CC)CC. The lowest BCUT2D eigenvalue weighted by atomic mass is 10.3. The second kappa shape index (κ2) is 7.34. The molecule has 0 radical (unpaired) electrons. The van der Waals surface area contributed by atoms with Crippen LogP contribution in [0.3, 0.4) is 0 Å². The quantitative estimate of drug-likeness (QED) is 0.607. The van der Waals surface area contributed by atoms with E-state index in [9.17, 15) is 0 Å². The van der Waals surface area contributed by atoms with Crippen LogP contribution >= 0.6 is 0 Å². The predicted octanol–water partition coefficient (Wildman–Crippen LogP) is 2.53. The van der Waals surface area contributed by atoms with Crippen molar-refractivity contribution < 1.29 is 4.74 Å². The third kappa shape index (κ3) is 6.05. The van der Waals surface area contributed by atoms with E-state index >= 15 is 0 Å². The van der Waals surface area contributed by atoms with Gasteiger partial charge in [-0.25, -0.2) is 0 Å². The molecule has 0 aromatic carbocycles. The first kappa shape index (κ1) is 12.9. The van der Waals surface area contributed by atoms with Crippen molar-refractivity contribution in [2.75, 3.05) is 19.6 Å². The molecule has 0 N–H and O–H groups in total. The van der Waals surface area contributed by atoms with Gasteiger partial charge < -0.3 is 9.64 Å². The molecule has 0 aromatic rings. The number of likely N-dealkylation sites (N-methyl/N-ethyl adjacent to an activating group) is 1. The van der Waals surface area contributed by atoms with E-state index in [0.29, 0.717) is 12.2 Å². The fourth-order valence-electron chi connectivity index (χ4n) is 1.38. The molecular weight excluding hydrogens is 162 g/mol. The summed E-state index contributed by atoms with van der Waals surface area (Å²) >= 11 is 0. The average molecular weight is 187 g/mol. The van der Waals surface area contributed by atoms with Gasteiger partial charge in [0.25, 0.3) is 0 Å². The monoisotopic (exact) mass is 187 g/mol. The van der Waals surface area contributed by atoms with Crippen LogP contribution in [0.4, 0.5) is 0 Å². The van der Waals surface area contributed by atoms with Gasteiger partial charge in [0.05, 0.1) is 12.2 Å². The molecule has 0 bridgehead atoms. The summed E-state index contributed by atoms with van der Waals surface area (Å²) < 4.78 is 5.79. The van der Waals surface area contributed by atoms with Gasteiger partial charge in [-0.15, -0.1) is 0 Å². The molecule has 80 valence electrons. The van der Waals surface area contributed by atoms with Crippen molar-refractivity contribution in [3.05, 3.63) is 0 Å². The molecule has 0 spiro atoms. The van der Waals surface area contributed by atoms with E-state index in [-0.39, 0.29) is 0 Å². The van der Waals surface area contributed by atoms with Gasteiger partial charge >= 0.3 is 0 Å². The molecule has 0 amide bonds. The number of nitrogens with zero attached hydrogens (tertiary/aromatic N) is 1. The maximum Gasteiger partial charge on any atom is 0.0677 e. The molecule has 0 aliphatic heterocycles. The highest BCUT2D eigenvalue weighted by atomic mass is 16.5. The van der Waals surface area contributed by atoms with Crippen molar-refractivity contribution in [3.8, 4) is 0 Å². The summed E-state index contributed by atoms with van der Waals surface area (Å²) in [5.41, 5.74) is 0. The number of ether oxygens (including phenoxy) is 1. The lowest BCUT2D eigenvalue weighted by molar-refractivity contribution is -0.0101. The standard InChI is InChI=1S/C11H25NO/c1-6-10(4)13-11(5)9-12(7-2)8-3/h10-11H,6-9H2,1-5H3. The Labute approximate surface area is 83.3 Å². The van der Waals surface area contributed by atoms with Crippen LogP contribution in [0.25, 0.3) is 0 Å². The third-order valence-electron chi connectivity index (χ3n) is 2.45. The Morgan fingerprint density at radius 1 is 1.00 bits per heavy atom. The first-order chi connectivity index (χ1) is 6.13. The first-order valence-corrected chi connectivity index (χ1v) is 5.51. The molecule has 2 nitrogen and oxygen atoms in total. The fraction of sp³-hybridized carbons (Fsp3) is 1.00. The fourth-order valence-corrected chi connectivity index (χ4v) is 1.38. The molecule has 2 unspecified atom stereocenters. The van der Waals surface area contributed by atoms with Gasteiger partial charge in [-0.3, -0.25) is 0 Å². The summed E-state index contributed by atoms with van der Waals surface area (Å²) in [5, 5.41) is 0. The number of hydrogen-bond donors (Lipinski definition) is 0. The average Bonchev–Trinajstić information content (AvgIpc) is 2.13. The minimum atomic E-state index is 0.356. The lowest BCUT2D eigenvalue weighted by Crippen LogP contribution is -2.33. The largest absolute Gasteiger partial charge is 0.374 e. The van der Waals surface area contributed by atoms with Crippen molar-refractivity contribution >= 4 is 0 Å². The minimum Gasteiger partial charge on any atom is -0.374 e.